The second kappa shape index (κ2) is 6.00. The van der Waals surface area contributed by atoms with Crippen molar-refractivity contribution in [2.75, 3.05) is 7.05 Å². The van der Waals surface area contributed by atoms with Gasteiger partial charge in [0, 0.05) is 6.04 Å². The SMILES string of the molecule is CNC(CCC(C)C)c1cc(C)cc(F)c1. The summed E-state index contributed by atoms with van der Waals surface area (Å²) < 4.78 is 13.3. The Morgan fingerprint density at radius 1 is 1.19 bits per heavy atom. The van der Waals surface area contributed by atoms with Crippen molar-refractivity contribution in [3.8, 4) is 0 Å². The van der Waals surface area contributed by atoms with Crippen LogP contribution in [-0.4, -0.2) is 7.05 Å². The fraction of sp³-hybridized carbons (Fsp3) is 0.571. The van der Waals surface area contributed by atoms with E-state index in [1.165, 1.54) is 0 Å². The molecule has 0 aliphatic carbocycles. The summed E-state index contributed by atoms with van der Waals surface area (Å²) >= 11 is 0. The lowest BCUT2D eigenvalue weighted by atomic mass is 9.96. The van der Waals surface area contributed by atoms with E-state index in [1.807, 2.05) is 14.0 Å². The van der Waals surface area contributed by atoms with Gasteiger partial charge in [-0.25, -0.2) is 4.39 Å². The summed E-state index contributed by atoms with van der Waals surface area (Å²) in [4.78, 5) is 0. The summed E-state index contributed by atoms with van der Waals surface area (Å²) in [5, 5.41) is 3.26. The first-order valence-electron chi connectivity index (χ1n) is 5.97. The Kier molecular flexibility index (Phi) is 4.94. The van der Waals surface area contributed by atoms with Crippen LogP contribution in [-0.2, 0) is 0 Å². The molecule has 0 spiro atoms. The van der Waals surface area contributed by atoms with Crippen LogP contribution in [0.4, 0.5) is 4.39 Å². The van der Waals surface area contributed by atoms with Gasteiger partial charge in [0.1, 0.15) is 5.82 Å². The number of nitrogens with one attached hydrogen (secondary N) is 1. The molecule has 1 nitrogen and oxygen atoms in total. The molecule has 2 heteroatoms. The van der Waals surface area contributed by atoms with Crippen LogP contribution >= 0.6 is 0 Å². The lowest BCUT2D eigenvalue weighted by molar-refractivity contribution is 0.463. The van der Waals surface area contributed by atoms with Crippen LogP contribution in [0.3, 0.4) is 0 Å². The van der Waals surface area contributed by atoms with Gasteiger partial charge in [0.2, 0.25) is 0 Å². The molecule has 1 aromatic rings. The molecule has 1 aromatic carbocycles. The fourth-order valence-corrected chi connectivity index (χ4v) is 1.94. The molecule has 0 heterocycles. The Hall–Kier alpha value is -0.890. The number of halogens is 1. The van der Waals surface area contributed by atoms with Gasteiger partial charge in [0.05, 0.1) is 0 Å². The van der Waals surface area contributed by atoms with Gasteiger partial charge in [-0.15, -0.1) is 0 Å². The molecule has 0 aliphatic rings. The molecule has 1 unspecified atom stereocenters. The summed E-state index contributed by atoms with van der Waals surface area (Å²) in [7, 11) is 1.94. The highest BCUT2D eigenvalue weighted by Gasteiger charge is 2.11. The Balaban J connectivity index is 2.78. The maximum Gasteiger partial charge on any atom is 0.123 e. The molecule has 16 heavy (non-hydrogen) atoms. The predicted octanol–water partition coefficient (Wildman–Crippen LogP) is 3.83. The van der Waals surface area contributed by atoms with Crippen LogP contribution in [0.1, 0.15) is 43.9 Å². The molecular weight excluding hydrogens is 201 g/mol. The Labute approximate surface area is 98.1 Å². The van der Waals surface area contributed by atoms with Gasteiger partial charge in [-0.3, -0.25) is 0 Å². The minimum Gasteiger partial charge on any atom is -0.313 e. The quantitative estimate of drug-likeness (QED) is 0.800. The predicted molar refractivity (Wildman–Crippen MR) is 67.0 cm³/mol. The molecule has 90 valence electrons. The zero-order valence-electron chi connectivity index (χ0n) is 10.7. The number of hydrogen-bond donors (Lipinski definition) is 1. The van der Waals surface area contributed by atoms with Crippen LogP contribution in [0, 0.1) is 18.7 Å². The molecule has 0 aliphatic heterocycles. The maximum absolute atomic E-state index is 13.3. The van der Waals surface area contributed by atoms with E-state index in [0.717, 1.165) is 24.0 Å². The highest BCUT2D eigenvalue weighted by atomic mass is 19.1. The summed E-state index contributed by atoms with van der Waals surface area (Å²) in [6, 6.07) is 5.52. The van der Waals surface area contributed by atoms with E-state index in [0.29, 0.717) is 5.92 Å². The van der Waals surface area contributed by atoms with E-state index in [2.05, 4.69) is 25.2 Å². The topological polar surface area (TPSA) is 12.0 Å². The van der Waals surface area contributed by atoms with Gasteiger partial charge in [-0.1, -0.05) is 19.9 Å². The van der Waals surface area contributed by atoms with Crippen LogP contribution in [0.2, 0.25) is 0 Å². The van der Waals surface area contributed by atoms with Crippen LogP contribution < -0.4 is 5.32 Å². The first-order valence-corrected chi connectivity index (χ1v) is 5.97. The van der Waals surface area contributed by atoms with Crippen molar-refractivity contribution in [1.82, 2.24) is 5.32 Å². The summed E-state index contributed by atoms with van der Waals surface area (Å²) in [5.41, 5.74) is 2.04. The van der Waals surface area contributed by atoms with Crippen molar-refractivity contribution in [3.63, 3.8) is 0 Å². The number of aryl methyl sites for hydroxylation is 1. The standard InChI is InChI=1S/C14H22FN/c1-10(2)5-6-14(16-4)12-7-11(3)8-13(15)9-12/h7-10,14,16H,5-6H2,1-4H3. The summed E-state index contributed by atoms with van der Waals surface area (Å²) in [5.74, 6) is 0.547. The highest BCUT2D eigenvalue weighted by molar-refractivity contribution is 5.26. The average molecular weight is 223 g/mol. The molecule has 0 saturated heterocycles. The molecule has 1 rings (SSSR count). The minimum atomic E-state index is -0.139. The van der Waals surface area contributed by atoms with Crippen molar-refractivity contribution in [1.29, 1.82) is 0 Å². The molecule has 0 fully saturated rings. The van der Waals surface area contributed by atoms with Crippen molar-refractivity contribution in [2.45, 2.75) is 39.7 Å². The van der Waals surface area contributed by atoms with E-state index in [1.54, 1.807) is 12.1 Å². The zero-order valence-corrected chi connectivity index (χ0v) is 10.7. The lowest BCUT2D eigenvalue weighted by Gasteiger charge is -2.18. The Morgan fingerprint density at radius 2 is 1.88 bits per heavy atom. The summed E-state index contributed by atoms with van der Waals surface area (Å²) in [6.45, 7) is 6.36. The highest BCUT2D eigenvalue weighted by Crippen LogP contribution is 2.22. The average Bonchev–Trinajstić information content (AvgIpc) is 2.16. The molecule has 0 radical (unpaired) electrons. The normalized spacial score (nSPS) is 13.1. The molecular formula is C14H22FN. The molecule has 1 atom stereocenters. The van der Waals surface area contributed by atoms with E-state index in [-0.39, 0.29) is 11.9 Å². The first-order chi connectivity index (χ1) is 7.52. The van der Waals surface area contributed by atoms with Crippen molar-refractivity contribution in [3.05, 3.63) is 35.1 Å². The van der Waals surface area contributed by atoms with Crippen molar-refractivity contribution in [2.24, 2.45) is 5.92 Å². The molecule has 0 bridgehead atoms. The molecule has 0 saturated carbocycles. The minimum absolute atomic E-state index is 0.139. The fourth-order valence-electron chi connectivity index (χ4n) is 1.94. The molecule has 0 aromatic heterocycles. The third kappa shape index (κ3) is 3.93. The van der Waals surface area contributed by atoms with Crippen LogP contribution in [0.5, 0.6) is 0 Å². The number of hydrogen-bond acceptors (Lipinski definition) is 1. The third-order valence-electron chi connectivity index (χ3n) is 2.85. The van der Waals surface area contributed by atoms with E-state index >= 15 is 0 Å². The van der Waals surface area contributed by atoms with E-state index in [4.69, 9.17) is 0 Å². The van der Waals surface area contributed by atoms with Gasteiger partial charge in [0.15, 0.2) is 0 Å². The van der Waals surface area contributed by atoms with Crippen LogP contribution in [0.25, 0.3) is 0 Å². The van der Waals surface area contributed by atoms with Gasteiger partial charge < -0.3 is 5.32 Å². The Morgan fingerprint density at radius 3 is 2.38 bits per heavy atom. The van der Waals surface area contributed by atoms with Crippen molar-refractivity contribution < 1.29 is 4.39 Å². The second-order valence-corrected chi connectivity index (χ2v) is 4.87. The monoisotopic (exact) mass is 223 g/mol. The summed E-state index contributed by atoms with van der Waals surface area (Å²) in [6.07, 6.45) is 2.21. The number of rotatable bonds is 5. The van der Waals surface area contributed by atoms with Gasteiger partial charge in [-0.05, 0) is 56.0 Å². The lowest BCUT2D eigenvalue weighted by Crippen LogP contribution is -2.17. The Bertz CT molecular complexity index is 313. The van der Waals surface area contributed by atoms with Crippen LogP contribution in [0.15, 0.2) is 18.2 Å². The van der Waals surface area contributed by atoms with E-state index in [9.17, 15) is 4.39 Å². The first kappa shape index (κ1) is 13.2. The molecule has 0 amide bonds. The molecule has 1 N–H and O–H groups in total. The second-order valence-electron chi connectivity index (χ2n) is 4.87. The smallest absolute Gasteiger partial charge is 0.123 e. The van der Waals surface area contributed by atoms with Gasteiger partial charge in [0.25, 0.3) is 0 Å². The van der Waals surface area contributed by atoms with Crippen molar-refractivity contribution >= 4 is 0 Å². The largest absolute Gasteiger partial charge is 0.313 e. The third-order valence-corrected chi connectivity index (χ3v) is 2.85. The van der Waals surface area contributed by atoms with E-state index < -0.39 is 0 Å². The van der Waals surface area contributed by atoms with Gasteiger partial charge in [-0.2, -0.15) is 0 Å². The van der Waals surface area contributed by atoms with Gasteiger partial charge >= 0.3 is 0 Å². The number of benzene rings is 1. The maximum atomic E-state index is 13.3. The zero-order chi connectivity index (χ0) is 12.1.